The summed E-state index contributed by atoms with van der Waals surface area (Å²) in [7, 11) is 0. The summed E-state index contributed by atoms with van der Waals surface area (Å²) in [6.07, 6.45) is 1.64. The molecule has 1 fully saturated rings. The molecule has 5 heteroatoms. The molecule has 0 bridgehead atoms. The van der Waals surface area contributed by atoms with Gasteiger partial charge in [-0.25, -0.2) is 9.97 Å². The van der Waals surface area contributed by atoms with Crippen LogP contribution in [0.5, 0.6) is 0 Å². The highest BCUT2D eigenvalue weighted by Crippen LogP contribution is 2.30. The smallest absolute Gasteiger partial charge is 0.309 e. The molecule has 5 nitrogen and oxygen atoms in total. The molecule has 1 aliphatic rings. The van der Waals surface area contributed by atoms with Crippen molar-refractivity contribution >= 4 is 11.8 Å². The van der Waals surface area contributed by atoms with Crippen molar-refractivity contribution in [2.24, 2.45) is 5.92 Å². The second-order valence-electron chi connectivity index (χ2n) is 8.95. The summed E-state index contributed by atoms with van der Waals surface area (Å²) in [5.74, 6) is 1.81. The van der Waals surface area contributed by atoms with Gasteiger partial charge >= 0.3 is 5.97 Å². The Balaban J connectivity index is 2.23. The first-order chi connectivity index (χ1) is 11.5. The quantitative estimate of drug-likeness (QED) is 0.777. The largest absolute Gasteiger partial charge is 0.466 e. The number of ether oxygens (including phenoxy) is 1. The molecule has 140 valence electrons. The Labute approximate surface area is 152 Å². The van der Waals surface area contributed by atoms with Gasteiger partial charge < -0.3 is 9.64 Å². The standard InChI is InChI=1S/C20H33N3O2/c1-8-25-17(24)14-9-11-23(12-10-14)16-13-15(19(2,3)4)21-18(22-16)20(5,6)7/h13-14H,8-12H2,1-7H3. The number of carbonyl (C=O) groups is 1. The normalized spacial score (nSPS) is 16.8. The lowest BCUT2D eigenvalue weighted by molar-refractivity contribution is -0.148. The van der Waals surface area contributed by atoms with Gasteiger partial charge in [-0.05, 0) is 19.8 Å². The SMILES string of the molecule is CCOC(=O)C1CCN(c2cc(C(C)(C)C)nc(C(C)(C)C)n2)CC1. The summed E-state index contributed by atoms with van der Waals surface area (Å²) in [4.78, 5) is 23.9. The van der Waals surface area contributed by atoms with Gasteiger partial charge in [-0.1, -0.05) is 41.5 Å². The van der Waals surface area contributed by atoms with Gasteiger partial charge in [-0.3, -0.25) is 4.79 Å². The molecule has 1 aromatic heterocycles. The average Bonchev–Trinajstić information content (AvgIpc) is 2.53. The second-order valence-corrected chi connectivity index (χ2v) is 8.95. The summed E-state index contributed by atoms with van der Waals surface area (Å²) in [6.45, 7) is 16.9. The number of anilines is 1. The monoisotopic (exact) mass is 347 g/mol. The molecule has 2 heterocycles. The lowest BCUT2D eigenvalue weighted by atomic mass is 9.90. The van der Waals surface area contributed by atoms with Gasteiger partial charge in [0.1, 0.15) is 11.6 Å². The first-order valence-corrected chi connectivity index (χ1v) is 9.34. The molecule has 0 saturated carbocycles. The molecule has 0 aliphatic carbocycles. The molecule has 0 aromatic carbocycles. The molecule has 1 aliphatic heterocycles. The molecule has 0 amide bonds. The average molecular weight is 348 g/mol. The van der Waals surface area contributed by atoms with Crippen molar-refractivity contribution in [3.05, 3.63) is 17.6 Å². The third-order valence-electron chi connectivity index (χ3n) is 4.59. The highest BCUT2D eigenvalue weighted by Gasteiger charge is 2.29. The molecule has 0 N–H and O–H groups in total. The van der Waals surface area contributed by atoms with E-state index >= 15 is 0 Å². The minimum atomic E-state index is -0.0980. The van der Waals surface area contributed by atoms with E-state index in [9.17, 15) is 4.79 Å². The van der Waals surface area contributed by atoms with Crippen molar-refractivity contribution in [1.29, 1.82) is 0 Å². The van der Waals surface area contributed by atoms with E-state index in [4.69, 9.17) is 14.7 Å². The molecule has 1 saturated heterocycles. The van der Waals surface area contributed by atoms with Crippen LogP contribution in [0.3, 0.4) is 0 Å². The fourth-order valence-electron chi connectivity index (χ4n) is 2.92. The fraction of sp³-hybridized carbons (Fsp3) is 0.750. The van der Waals surface area contributed by atoms with E-state index in [-0.39, 0.29) is 22.7 Å². The Kier molecular flexibility index (Phi) is 5.75. The molecule has 0 atom stereocenters. The molecule has 0 spiro atoms. The zero-order valence-corrected chi connectivity index (χ0v) is 16.8. The number of piperidine rings is 1. The van der Waals surface area contributed by atoms with Crippen LogP contribution in [0.25, 0.3) is 0 Å². The van der Waals surface area contributed by atoms with E-state index in [1.165, 1.54) is 0 Å². The van der Waals surface area contributed by atoms with Crippen LogP contribution in [0.4, 0.5) is 5.82 Å². The number of esters is 1. The third kappa shape index (κ3) is 4.93. The minimum Gasteiger partial charge on any atom is -0.466 e. The van der Waals surface area contributed by atoms with Crippen molar-refractivity contribution in [3.63, 3.8) is 0 Å². The Morgan fingerprint density at radius 2 is 1.72 bits per heavy atom. The van der Waals surface area contributed by atoms with Crippen LogP contribution in [0, 0.1) is 5.92 Å². The maximum absolute atomic E-state index is 11.9. The summed E-state index contributed by atoms with van der Waals surface area (Å²) in [6, 6.07) is 2.11. The molecular weight excluding hydrogens is 314 g/mol. The van der Waals surface area contributed by atoms with Crippen molar-refractivity contribution in [2.75, 3.05) is 24.6 Å². The first-order valence-electron chi connectivity index (χ1n) is 9.34. The Hall–Kier alpha value is -1.65. The third-order valence-corrected chi connectivity index (χ3v) is 4.59. The van der Waals surface area contributed by atoms with Crippen LogP contribution >= 0.6 is 0 Å². The van der Waals surface area contributed by atoms with Gasteiger partial charge in [0.05, 0.1) is 18.2 Å². The van der Waals surface area contributed by atoms with Gasteiger partial charge in [0.25, 0.3) is 0 Å². The summed E-state index contributed by atoms with van der Waals surface area (Å²) in [5.41, 5.74) is 0.940. The van der Waals surface area contributed by atoms with Gasteiger partial charge in [-0.2, -0.15) is 0 Å². The maximum Gasteiger partial charge on any atom is 0.309 e. The number of carbonyl (C=O) groups excluding carboxylic acids is 1. The predicted octanol–water partition coefficient (Wildman–Crippen LogP) is 3.85. The second kappa shape index (κ2) is 7.30. The lowest BCUT2D eigenvalue weighted by Crippen LogP contribution is -2.38. The van der Waals surface area contributed by atoms with E-state index in [0.29, 0.717) is 6.61 Å². The number of hydrogen-bond donors (Lipinski definition) is 0. The van der Waals surface area contributed by atoms with Crippen LogP contribution in [0.1, 0.15) is 72.8 Å². The van der Waals surface area contributed by atoms with Crippen LogP contribution in [-0.4, -0.2) is 35.6 Å². The lowest BCUT2D eigenvalue weighted by Gasteiger charge is -2.33. The fourth-order valence-corrected chi connectivity index (χ4v) is 2.92. The molecule has 1 aromatic rings. The Morgan fingerprint density at radius 1 is 1.12 bits per heavy atom. The van der Waals surface area contributed by atoms with Crippen molar-refractivity contribution in [3.8, 4) is 0 Å². The summed E-state index contributed by atoms with van der Waals surface area (Å²) in [5, 5.41) is 0. The van der Waals surface area contributed by atoms with E-state index in [1.54, 1.807) is 0 Å². The summed E-state index contributed by atoms with van der Waals surface area (Å²) < 4.78 is 5.17. The number of nitrogens with zero attached hydrogens (tertiary/aromatic N) is 3. The van der Waals surface area contributed by atoms with Crippen molar-refractivity contribution < 1.29 is 9.53 Å². The molecule has 25 heavy (non-hydrogen) atoms. The highest BCUT2D eigenvalue weighted by atomic mass is 16.5. The van der Waals surface area contributed by atoms with Gasteiger partial charge in [-0.15, -0.1) is 0 Å². The van der Waals surface area contributed by atoms with Crippen LogP contribution in [0.15, 0.2) is 6.07 Å². The minimum absolute atomic E-state index is 0.0159. The molecule has 0 unspecified atom stereocenters. The highest BCUT2D eigenvalue weighted by molar-refractivity contribution is 5.72. The topological polar surface area (TPSA) is 55.3 Å². The Bertz CT molecular complexity index is 574. The molecule has 0 radical (unpaired) electrons. The molecule has 2 rings (SSSR count). The zero-order chi connectivity index (χ0) is 18.8. The van der Waals surface area contributed by atoms with E-state index in [0.717, 1.165) is 43.3 Å². The van der Waals surface area contributed by atoms with Gasteiger partial charge in [0.15, 0.2) is 0 Å². The molecular formula is C20H33N3O2. The maximum atomic E-state index is 11.9. The van der Waals surface area contributed by atoms with E-state index in [1.807, 2.05) is 6.92 Å². The van der Waals surface area contributed by atoms with Crippen LogP contribution in [-0.2, 0) is 20.4 Å². The van der Waals surface area contributed by atoms with E-state index in [2.05, 4.69) is 52.5 Å². The van der Waals surface area contributed by atoms with Crippen LogP contribution < -0.4 is 4.90 Å². The van der Waals surface area contributed by atoms with Gasteiger partial charge in [0, 0.05) is 30.0 Å². The van der Waals surface area contributed by atoms with Crippen molar-refractivity contribution in [1.82, 2.24) is 9.97 Å². The van der Waals surface area contributed by atoms with Crippen LogP contribution in [0.2, 0.25) is 0 Å². The Morgan fingerprint density at radius 3 is 2.20 bits per heavy atom. The zero-order valence-electron chi connectivity index (χ0n) is 16.8. The first kappa shape index (κ1) is 19.7. The predicted molar refractivity (Wildman–Crippen MR) is 101 cm³/mol. The number of hydrogen-bond acceptors (Lipinski definition) is 5. The van der Waals surface area contributed by atoms with Gasteiger partial charge in [0.2, 0.25) is 0 Å². The van der Waals surface area contributed by atoms with Crippen molar-refractivity contribution in [2.45, 2.75) is 72.1 Å². The van der Waals surface area contributed by atoms with E-state index < -0.39 is 0 Å². The number of aromatic nitrogens is 2. The number of rotatable bonds is 3. The summed E-state index contributed by atoms with van der Waals surface area (Å²) >= 11 is 0.